The fourth-order valence-corrected chi connectivity index (χ4v) is 2.56. The maximum atomic E-state index is 10.7. The van der Waals surface area contributed by atoms with Crippen LogP contribution in [-0.4, -0.2) is 27.4 Å². The molecule has 1 unspecified atom stereocenters. The van der Waals surface area contributed by atoms with E-state index in [9.17, 15) is 4.79 Å². The zero-order valence-electron chi connectivity index (χ0n) is 13.0. The number of nitrogens with one attached hydrogen (secondary N) is 1. The van der Waals surface area contributed by atoms with Crippen molar-refractivity contribution < 1.29 is 9.90 Å². The van der Waals surface area contributed by atoms with Gasteiger partial charge in [-0.2, -0.15) is 10.4 Å². The highest BCUT2D eigenvalue weighted by molar-refractivity contribution is 5.66. The zero-order chi connectivity index (χ0) is 15.8. The van der Waals surface area contributed by atoms with Gasteiger partial charge < -0.3 is 10.4 Å². The molecular formula is C15H24N4O2. The summed E-state index contributed by atoms with van der Waals surface area (Å²) in [5.41, 5.74) is 1.30. The molecule has 1 rings (SSSR count). The van der Waals surface area contributed by atoms with Crippen molar-refractivity contribution in [3.63, 3.8) is 0 Å². The predicted octanol–water partition coefficient (Wildman–Crippen LogP) is 2.68. The first-order valence-electron chi connectivity index (χ1n) is 7.38. The highest BCUT2D eigenvalue weighted by Crippen LogP contribution is 2.20. The third kappa shape index (κ3) is 5.10. The molecule has 1 atom stereocenters. The summed E-state index contributed by atoms with van der Waals surface area (Å²) in [5, 5.41) is 25.4. The van der Waals surface area contributed by atoms with E-state index >= 15 is 0 Å². The first-order chi connectivity index (χ1) is 9.99. The van der Waals surface area contributed by atoms with Crippen molar-refractivity contribution in [2.45, 2.75) is 46.0 Å². The first-order valence-corrected chi connectivity index (χ1v) is 7.38. The van der Waals surface area contributed by atoms with E-state index in [1.807, 2.05) is 14.0 Å². The second kappa shape index (κ2) is 8.30. The lowest BCUT2D eigenvalue weighted by molar-refractivity contribution is -0.137. The van der Waals surface area contributed by atoms with Gasteiger partial charge in [-0.3, -0.25) is 9.48 Å². The molecular weight excluding hydrogens is 268 g/mol. The topological polar surface area (TPSA) is 90.9 Å². The quantitative estimate of drug-likeness (QED) is 0.730. The van der Waals surface area contributed by atoms with Crippen LogP contribution in [0.25, 0.3) is 0 Å². The molecule has 0 aliphatic heterocycles. The summed E-state index contributed by atoms with van der Waals surface area (Å²) in [7, 11) is 1.81. The van der Waals surface area contributed by atoms with Crippen LogP contribution >= 0.6 is 0 Å². The Morgan fingerprint density at radius 2 is 2.19 bits per heavy atom. The van der Waals surface area contributed by atoms with Gasteiger partial charge in [0.25, 0.3) is 0 Å². The van der Waals surface area contributed by atoms with E-state index in [1.165, 1.54) is 0 Å². The maximum Gasteiger partial charge on any atom is 0.303 e. The van der Waals surface area contributed by atoms with Gasteiger partial charge in [-0.25, -0.2) is 0 Å². The number of hydrogen-bond donors (Lipinski definition) is 2. The molecule has 21 heavy (non-hydrogen) atoms. The monoisotopic (exact) mass is 292 g/mol. The number of aromatic nitrogens is 2. The van der Waals surface area contributed by atoms with Crippen molar-refractivity contribution in [3.05, 3.63) is 11.3 Å². The summed E-state index contributed by atoms with van der Waals surface area (Å²) >= 11 is 0. The van der Waals surface area contributed by atoms with E-state index in [4.69, 9.17) is 10.4 Å². The molecule has 6 heteroatoms. The van der Waals surface area contributed by atoms with Gasteiger partial charge >= 0.3 is 5.97 Å². The lowest BCUT2D eigenvalue weighted by Gasteiger charge is -2.16. The standard InChI is InChI=1S/C15H24N4O2/c1-4-5-12(6-7-14(20)21)8-9-17-15-13(10-16)11(2)18-19(15)3/h12,17H,4-9H2,1-3H3,(H,20,21). The minimum atomic E-state index is -0.738. The van der Waals surface area contributed by atoms with E-state index in [2.05, 4.69) is 23.4 Å². The van der Waals surface area contributed by atoms with Crippen LogP contribution in [0.3, 0.4) is 0 Å². The minimum Gasteiger partial charge on any atom is -0.481 e. The number of anilines is 1. The Morgan fingerprint density at radius 1 is 1.48 bits per heavy atom. The van der Waals surface area contributed by atoms with Gasteiger partial charge in [0.15, 0.2) is 0 Å². The summed E-state index contributed by atoms with van der Waals surface area (Å²) in [5.74, 6) is 0.403. The molecule has 0 amide bonds. The molecule has 2 N–H and O–H groups in total. The number of hydrogen-bond acceptors (Lipinski definition) is 4. The summed E-state index contributed by atoms with van der Waals surface area (Å²) in [6.45, 7) is 4.65. The van der Waals surface area contributed by atoms with Crippen LogP contribution in [0, 0.1) is 24.2 Å². The number of aliphatic carboxylic acids is 1. The van der Waals surface area contributed by atoms with Crippen LogP contribution in [0.15, 0.2) is 0 Å². The van der Waals surface area contributed by atoms with Gasteiger partial charge in [-0.1, -0.05) is 19.8 Å². The van der Waals surface area contributed by atoms with Crippen molar-refractivity contribution in [1.29, 1.82) is 5.26 Å². The summed E-state index contributed by atoms with van der Waals surface area (Å²) < 4.78 is 1.68. The second-order valence-electron chi connectivity index (χ2n) is 5.35. The highest BCUT2D eigenvalue weighted by Gasteiger charge is 2.14. The highest BCUT2D eigenvalue weighted by atomic mass is 16.4. The molecule has 0 aromatic carbocycles. The van der Waals surface area contributed by atoms with Crippen LogP contribution in [0.1, 0.15) is 50.3 Å². The molecule has 0 fully saturated rings. The Bertz CT molecular complexity index is 516. The van der Waals surface area contributed by atoms with E-state index in [0.29, 0.717) is 17.9 Å². The van der Waals surface area contributed by atoms with Gasteiger partial charge in [-0.05, 0) is 25.7 Å². The largest absolute Gasteiger partial charge is 0.481 e. The summed E-state index contributed by atoms with van der Waals surface area (Å²) in [6.07, 6.45) is 3.92. The Morgan fingerprint density at radius 3 is 2.76 bits per heavy atom. The Hall–Kier alpha value is -2.03. The summed E-state index contributed by atoms with van der Waals surface area (Å²) in [4.78, 5) is 10.7. The van der Waals surface area contributed by atoms with Gasteiger partial charge in [-0.15, -0.1) is 0 Å². The SMILES string of the molecule is CCCC(CCNc1c(C#N)c(C)nn1C)CCC(=O)O. The maximum absolute atomic E-state index is 10.7. The first kappa shape index (κ1) is 17.0. The molecule has 1 heterocycles. The normalized spacial score (nSPS) is 11.9. The molecule has 0 aliphatic rings. The average molecular weight is 292 g/mol. The second-order valence-corrected chi connectivity index (χ2v) is 5.35. The zero-order valence-corrected chi connectivity index (χ0v) is 13.0. The van der Waals surface area contributed by atoms with Crippen molar-refractivity contribution in [1.82, 2.24) is 9.78 Å². The number of carboxylic acids is 1. The number of rotatable bonds is 9. The van der Waals surface area contributed by atoms with E-state index in [-0.39, 0.29) is 6.42 Å². The predicted molar refractivity (Wildman–Crippen MR) is 81.0 cm³/mol. The van der Waals surface area contributed by atoms with Gasteiger partial charge in [0, 0.05) is 20.0 Å². The Labute approximate surface area is 125 Å². The number of aryl methyl sites for hydroxylation is 2. The third-order valence-electron chi connectivity index (χ3n) is 3.64. The molecule has 0 saturated carbocycles. The number of carbonyl (C=O) groups is 1. The molecule has 0 spiro atoms. The Balaban J connectivity index is 2.54. The lowest BCUT2D eigenvalue weighted by atomic mass is 9.94. The van der Waals surface area contributed by atoms with E-state index in [0.717, 1.165) is 37.3 Å². The van der Waals surface area contributed by atoms with Crippen molar-refractivity contribution in [2.75, 3.05) is 11.9 Å². The van der Waals surface area contributed by atoms with Gasteiger partial charge in [0.05, 0.1) is 5.69 Å². The molecule has 1 aromatic rings. The summed E-state index contributed by atoms with van der Waals surface area (Å²) in [6, 6.07) is 2.16. The number of nitriles is 1. The fourth-order valence-electron chi connectivity index (χ4n) is 2.56. The average Bonchev–Trinajstić information content (AvgIpc) is 2.69. The Kier molecular flexibility index (Phi) is 6.73. The molecule has 0 saturated heterocycles. The van der Waals surface area contributed by atoms with Gasteiger partial charge in [0.2, 0.25) is 0 Å². The molecule has 1 aromatic heterocycles. The van der Waals surface area contributed by atoms with E-state index in [1.54, 1.807) is 4.68 Å². The molecule has 0 aliphatic carbocycles. The molecule has 0 radical (unpaired) electrons. The fraction of sp³-hybridized carbons (Fsp3) is 0.667. The van der Waals surface area contributed by atoms with Crippen LogP contribution in [0.5, 0.6) is 0 Å². The van der Waals surface area contributed by atoms with Crippen molar-refractivity contribution in [3.8, 4) is 6.07 Å². The van der Waals surface area contributed by atoms with Crippen LogP contribution in [0.2, 0.25) is 0 Å². The molecule has 116 valence electrons. The van der Waals surface area contributed by atoms with Crippen LogP contribution < -0.4 is 5.32 Å². The van der Waals surface area contributed by atoms with Crippen molar-refractivity contribution in [2.24, 2.45) is 13.0 Å². The van der Waals surface area contributed by atoms with Gasteiger partial charge in [0.1, 0.15) is 17.5 Å². The van der Waals surface area contributed by atoms with Crippen molar-refractivity contribution >= 4 is 11.8 Å². The molecule has 6 nitrogen and oxygen atoms in total. The number of carboxylic acid groups (broad SMARTS) is 1. The van der Waals surface area contributed by atoms with Crippen LogP contribution in [-0.2, 0) is 11.8 Å². The smallest absolute Gasteiger partial charge is 0.303 e. The molecule has 0 bridgehead atoms. The lowest BCUT2D eigenvalue weighted by Crippen LogP contribution is -2.13. The third-order valence-corrected chi connectivity index (χ3v) is 3.64. The number of nitrogens with zero attached hydrogens (tertiary/aromatic N) is 3. The minimum absolute atomic E-state index is 0.221. The van der Waals surface area contributed by atoms with Crippen LogP contribution in [0.4, 0.5) is 5.82 Å². The van der Waals surface area contributed by atoms with E-state index < -0.39 is 5.97 Å².